The number of hydrogen-bond acceptors (Lipinski definition) is 5. The third-order valence-corrected chi connectivity index (χ3v) is 2.21. The Bertz CT molecular complexity index is 404. The normalized spacial score (nSPS) is 10.3. The summed E-state index contributed by atoms with van der Waals surface area (Å²) < 4.78 is 1.21. The van der Waals surface area contributed by atoms with Crippen LogP contribution in [0.2, 0.25) is 0 Å². The van der Waals surface area contributed by atoms with Crippen LogP contribution < -0.4 is 11.1 Å². The molecule has 0 saturated carbocycles. The van der Waals surface area contributed by atoms with Crippen molar-refractivity contribution in [2.45, 2.75) is 32.4 Å². The van der Waals surface area contributed by atoms with Gasteiger partial charge in [-0.2, -0.15) is 0 Å². The van der Waals surface area contributed by atoms with Crippen molar-refractivity contribution in [1.29, 1.82) is 0 Å². The first-order valence-electron chi connectivity index (χ1n) is 5.69. The number of nitrogens with zero attached hydrogens (tertiary/aromatic N) is 3. The van der Waals surface area contributed by atoms with E-state index >= 15 is 0 Å². The van der Waals surface area contributed by atoms with Crippen LogP contribution in [0.25, 0.3) is 0 Å². The molecule has 0 aliphatic carbocycles. The molecule has 0 bridgehead atoms. The Morgan fingerprint density at radius 3 is 2.89 bits per heavy atom. The molecule has 0 aliphatic heterocycles. The lowest BCUT2D eigenvalue weighted by Crippen LogP contribution is -2.22. The number of nitrogens with one attached hydrogen (secondary N) is 1. The zero-order valence-corrected chi connectivity index (χ0v) is 10.0. The Morgan fingerprint density at radius 2 is 2.22 bits per heavy atom. The number of amides is 1. The molecule has 1 rings (SSSR count). The van der Waals surface area contributed by atoms with Crippen molar-refractivity contribution >= 4 is 11.9 Å². The Hall–Kier alpha value is -1.96. The van der Waals surface area contributed by atoms with Crippen molar-refractivity contribution in [3.63, 3.8) is 0 Å². The van der Waals surface area contributed by atoms with Gasteiger partial charge in [-0.1, -0.05) is 5.21 Å². The van der Waals surface area contributed by atoms with Gasteiger partial charge in [-0.05, 0) is 19.4 Å². The molecule has 0 aromatic carbocycles. The fraction of sp³-hybridized carbons (Fsp3) is 0.600. The van der Waals surface area contributed by atoms with Crippen LogP contribution in [0.1, 0.15) is 25.0 Å². The van der Waals surface area contributed by atoms with Gasteiger partial charge in [0.1, 0.15) is 12.2 Å². The Morgan fingerprint density at radius 1 is 1.44 bits per heavy atom. The van der Waals surface area contributed by atoms with Crippen molar-refractivity contribution in [2.24, 2.45) is 5.73 Å². The lowest BCUT2D eigenvalue weighted by molar-refractivity contribution is -0.138. The van der Waals surface area contributed by atoms with Gasteiger partial charge in [-0.3, -0.25) is 9.59 Å². The number of carbonyl (C=O) groups is 2. The number of carboxylic acid groups (broad SMARTS) is 1. The average molecular weight is 255 g/mol. The van der Waals surface area contributed by atoms with E-state index in [1.165, 1.54) is 10.9 Å². The minimum Gasteiger partial charge on any atom is -0.480 e. The average Bonchev–Trinajstić information content (AvgIpc) is 2.73. The van der Waals surface area contributed by atoms with E-state index in [1.807, 2.05) is 0 Å². The summed E-state index contributed by atoms with van der Waals surface area (Å²) >= 11 is 0. The number of aliphatic carboxylic acids is 1. The highest BCUT2D eigenvalue weighted by Gasteiger charge is 2.06. The Kier molecular flexibility index (Phi) is 5.78. The van der Waals surface area contributed by atoms with Gasteiger partial charge >= 0.3 is 5.97 Å². The van der Waals surface area contributed by atoms with E-state index in [9.17, 15) is 9.59 Å². The molecule has 1 aromatic heterocycles. The zero-order chi connectivity index (χ0) is 13.4. The molecular formula is C10H17N5O3. The predicted octanol–water partition coefficient (Wildman–Crippen LogP) is -0.892. The van der Waals surface area contributed by atoms with Crippen molar-refractivity contribution in [2.75, 3.05) is 6.54 Å². The lowest BCUT2D eigenvalue weighted by atomic mass is 10.2. The first kappa shape index (κ1) is 14.1. The number of hydrogen-bond donors (Lipinski definition) is 3. The van der Waals surface area contributed by atoms with E-state index in [0.29, 0.717) is 18.7 Å². The number of nitrogens with two attached hydrogens (primary N) is 1. The van der Waals surface area contributed by atoms with Gasteiger partial charge < -0.3 is 16.2 Å². The van der Waals surface area contributed by atoms with Crippen molar-refractivity contribution in [3.8, 4) is 0 Å². The molecule has 0 fully saturated rings. The van der Waals surface area contributed by atoms with Gasteiger partial charge in [0, 0.05) is 6.42 Å². The minimum atomic E-state index is -0.989. The van der Waals surface area contributed by atoms with E-state index < -0.39 is 5.97 Å². The summed E-state index contributed by atoms with van der Waals surface area (Å²) in [5.74, 6) is -1.06. The van der Waals surface area contributed by atoms with Gasteiger partial charge in [-0.25, -0.2) is 4.68 Å². The van der Waals surface area contributed by atoms with E-state index in [-0.39, 0.29) is 19.0 Å². The molecule has 0 spiro atoms. The Labute approximate surface area is 104 Å². The van der Waals surface area contributed by atoms with E-state index in [4.69, 9.17) is 10.8 Å². The largest absolute Gasteiger partial charge is 0.480 e. The molecule has 1 amide bonds. The summed E-state index contributed by atoms with van der Waals surface area (Å²) in [7, 11) is 0. The number of aromatic nitrogens is 3. The smallest absolute Gasteiger partial charge is 0.325 e. The van der Waals surface area contributed by atoms with Crippen LogP contribution in [0, 0.1) is 0 Å². The highest BCUT2D eigenvalue weighted by Crippen LogP contribution is 1.96. The SMILES string of the molecule is NCCCCC(=O)NCc1cn(CC(=O)O)nn1. The fourth-order valence-corrected chi connectivity index (χ4v) is 1.34. The molecule has 0 saturated heterocycles. The van der Waals surface area contributed by atoms with Crippen LogP contribution >= 0.6 is 0 Å². The van der Waals surface area contributed by atoms with Crippen LogP contribution in [0.4, 0.5) is 0 Å². The summed E-state index contributed by atoms with van der Waals surface area (Å²) in [4.78, 5) is 21.8. The molecule has 0 aliphatic rings. The quantitative estimate of drug-likeness (QED) is 0.518. The number of unbranched alkanes of at least 4 members (excludes halogenated alkanes) is 1. The first-order valence-corrected chi connectivity index (χ1v) is 5.69. The second-order valence-corrected chi connectivity index (χ2v) is 3.82. The second kappa shape index (κ2) is 7.38. The summed E-state index contributed by atoms with van der Waals surface area (Å²) in [5, 5.41) is 18.6. The molecule has 0 atom stereocenters. The van der Waals surface area contributed by atoms with Gasteiger partial charge in [0.05, 0.1) is 12.7 Å². The molecule has 1 aromatic rings. The molecule has 0 radical (unpaired) electrons. The molecule has 100 valence electrons. The van der Waals surface area contributed by atoms with Gasteiger partial charge in [0.25, 0.3) is 0 Å². The van der Waals surface area contributed by atoms with Gasteiger partial charge in [0.2, 0.25) is 5.91 Å². The van der Waals surface area contributed by atoms with E-state index in [0.717, 1.165) is 12.8 Å². The molecule has 4 N–H and O–H groups in total. The monoisotopic (exact) mass is 255 g/mol. The van der Waals surface area contributed by atoms with Gasteiger partial charge in [-0.15, -0.1) is 5.10 Å². The highest BCUT2D eigenvalue weighted by atomic mass is 16.4. The van der Waals surface area contributed by atoms with Crippen LogP contribution in [0.5, 0.6) is 0 Å². The molecule has 8 heteroatoms. The molecule has 1 heterocycles. The fourth-order valence-electron chi connectivity index (χ4n) is 1.34. The maximum absolute atomic E-state index is 11.4. The minimum absolute atomic E-state index is 0.0729. The molecular weight excluding hydrogens is 238 g/mol. The predicted molar refractivity (Wildman–Crippen MR) is 62.4 cm³/mol. The number of carboxylic acids is 1. The van der Waals surface area contributed by atoms with Gasteiger partial charge in [0.15, 0.2) is 0 Å². The van der Waals surface area contributed by atoms with Crippen LogP contribution in [0.3, 0.4) is 0 Å². The summed E-state index contributed by atoms with van der Waals surface area (Å²) in [6, 6.07) is 0. The third-order valence-electron chi connectivity index (χ3n) is 2.21. The van der Waals surface area contributed by atoms with Crippen molar-refractivity contribution in [3.05, 3.63) is 11.9 Å². The molecule has 18 heavy (non-hydrogen) atoms. The summed E-state index contributed by atoms with van der Waals surface area (Å²) in [6.07, 6.45) is 3.50. The Balaban J connectivity index is 2.28. The standard InChI is InChI=1S/C10H17N5O3/c11-4-2-1-3-9(16)12-5-8-6-15(14-13-8)7-10(17)18/h6H,1-5,7,11H2,(H,12,16)(H,17,18). The topological polar surface area (TPSA) is 123 Å². The van der Waals surface area contributed by atoms with Crippen molar-refractivity contribution in [1.82, 2.24) is 20.3 Å². The maximum atomic E-state index is 11.4. The summed E-state index contributed by atoms with van der Waals surface area (Å²) in [6.45, 7) is 0.593. The highest BCUT2D eigenvalue weighted by molar-refractivity contribution is 5.75. The third kappa shape index (κ3) is 5.39. The zero-order valence-electron chi connectivity index (χ0n) is 10.0. The lowest BCUT2D eigenvalue weighted by Gasteiger charge is -2.01. The second-order valence-electron chi connectivity index (χ2n) is 3.82. The maximum Gasteiger partial charge on any atom is 0.325 e. The molecule has 8 nitrogen and oxygen atoms in total. The first-order chi connectivity index (χ1) is 8.61. The van der Waals surface area contributed by atoms with Crippen molar-refractivity contribution < 1.29 is 14.7 Å². The summed E-state index contributed by atoms with van der Waals surface area (Å²) in [5.41, 5.74) is 5.85. The molecule has 0 unspecified atom stereocenters. The van der Waals surface area contributed by atoms with Crippen LogP contribution in [0.15, 0.2) is 6.20 Å². The van der Waals surface area contributed by atoms with Crippen LogP contribution in [-0.4, -0.2) is 38.5 Å². The number of carbonyl (C=O) groups excluding carboxylic acids is 1. The van der Waals surface area contributed by atoms with E-state index in [2.05, 4.69) is 15.6 Å². The van der Waals surface area contributed by atoms with E-state index in [1.54, 1.807) is 0 Å². The number of rotatable bonds is 8. The van der Waals surface area contributed by atoms with Crippen LogP contribution in [-0.2, 0) is 22.7 Å².